The molecule has 0 saturated heterocycles. The van der Waals surface area contributed by atoms with Gasteiger partial charge >= 0.3 is 5.97 Å². The first-order chi connectivity index (χ1) is 11.5. The monoisotopic (exact) mass is 393 g/mol. The van der Waals surface area contributed by atoms with Crippen molar-refractivity contribution in [3.05, 3.63) is 69.9 Å². The quantitative estimate of drug-likeness (QED) is 0.604. The zero-order valence-electron chi connectivity index (χ0n) is 12.4. The van der Waals surface area contributed by atoms with Gasteiger partial charge in [-0.15, -0.1) is 0 Å². The van der Waals surface area contributed by atoms with Crippen molar-refractivity contribution in [2.45, 2.75) is 0 Å². The van der Waals surface area contributed by atoms with E-state index in [1.54, 1.807) is 24.3 Å². The maximum atomic E-state index is 12.8. The van der Waals surface area contributed by atoms with Gasteiger partial charge in [-0.2, -0.15) is 0 Å². The Morgan fingerprint density at radius 2 is 1.54 bits per heavy atom. The van der Waals surface area contributed by atoms with Gasteiger partial charge in [0, 0.05) is 15.6 Å². The second-order valence-corrected chi connectivity index (χ2v) is 5.70. The third-order valence-corrected chi connectivity index (χ3v) is 3.56. The minimum atomic E-state index is -0.740. The fourth-order valence-electron chi connectivity index (χ4n) is 1.77. The molecule has 0 saturated carbocycles. The van der Waals surface area contributed by atoms with E-state index in [0.717, 1.165) is 16.6 Å². The molecule has 2 aromatic rings. The van der Waals surface area contributed by atoms with Crippen LogP contribution in [0, 0.1) is 5.82 Å². The van der Waals surface area contributed by atoms with Crippen LogP contribution in [0.15, 0.2) is 53.0 Å². The second-order valence-electron chi connectivity index (χ2n) is 4.78. The molecule has 0 fully saturated rings. The number of hydrogen-bond donors (Lipinski definition) is 1. The Morgan fingerprint density at radius 1 is 0.958 bits per heavy atom. The summed E-state index contributed by atoms with van der Waals surface area (Å²) >= 11 is 3.26. The highest BCUT2D eigenvalue weighted by Crippen LogP contribution is 2.10. The first-order valence-corrected chi connectivity index (χ1v) is 7.73. The summed E-state index contributed by atoms with van der Waals surface area (Å²) in [5, 5.41) is 2.40. The molecule has 0 aromatic heterocycles. The largest absolute Gasteiger partial charge is 0.456 e. The number of nitrogens with one attached hydrogen (secondary N) is 1. The lowest BCUT2D eigenvalue weighted by molar-refractivity contribution is -0.141. The maximum Gasteiger partial charge on any atom is 0.325 e. The molecule has 0 bridgehead atoms. The molecule has 1 amide bonds. The first kappa shape index (κ1) is 17.8. The maximum absolute atomic E-state index is 12.8. The van der Waals surface area contributed by atoms with Crippen molar-refractivity contribution in [1.82, 2.24) is 5.32 Å². The van der Waals surface area contributed by atoms with E-state index in [0.29, 0.717) is 5.56 Å². The molecular formula is C17H13BrFNO4. The third-order valence-electron chi connectivity index (χ3n) is 3.03. The van der Waals surface area contributed by atoms with E-state index in [9.17, 15) is 18.8 Å². The van der Waals surface area contributed by atoms with Crippen LogP contribution in [0.1, 0.15) is 20.7 Å². The third kappa shape index (κ3) is 5.27. The second kappa shape index (κ2) is 8.35. The molecule has 5 nitrogen and oxygen atoms in total. The lowest BCUT2D eigenvalue weighted by atomic mass is 10.1. The summed E-state index contributed by atoms with van der Waals surface area (Å²) in [5.41, 5.74) is 0.636. The number of carbonyl (C=O) groups is 3. The van der Waals surface area contributed by atoms with Gasteiger partial charge in [0.15, 0.2) is 12.4 Å². The van der Waals surface area contributed by atoms with Gasteiger partial charge in [0.2, 0.25) is 0 Å². The van der Waals surface area contributed by atoms with E-state index in [1.165, 1.54) is 12.1 Å². The molecule has 24 heavy (non-hydrogen) atoms. The van der Waals surface area contributed by atoms with Crippen molar-refractivity contribution in [2.24, 2.45) is 0 Å². The topological polar surface area (TPSA) is 72.5 Å². The lowest BCUT2D eigenvalue weighted by Gasteiger charge is -2.06. The number of halogens is 2. The normalized spacial score (nSPS) is 10.1. The number of Topliss-reactive ketones (excluding diaryl/α,β-unsaturated/α-hetero) is 1. The molecule has 0 unspecified atom stereocenters. The Bertz CT molecular complexity index is 681. The molecule has 7 heteroatoms. The summed E-state index contributed by atoms with van der Waals surface area (Å²) in [6.45, 7) is -0.829. The van der Waals surface area contributed by atoms with Crippen molar-refractivity contribution in [3.63, 3.8) is 0 Å². The lowest BCUT2D eigenvalue weighted by Crippen LogP contribution is -2.31. The van der Waals surface area contributed by atoms with Crippen molar-refractivity contribution in [3.8, 4) is 0 Å². The highest BCUT2D eigenvalue weighted by atomic mass is 79.9. The van der Waals surface area contributed by atoms with Gasteiger partial charge in [-0.05, 0) is 48.5 Å². The number of hydrogen-bond acceptors (Lipinski definition) is 4. The summed E-state index contributed by atoms with van der Waals surface area (Å²) < 4.78 is 18.4. The van der Waals surface area contributed by atoms with E-state index in [1.807, 2.05) is 0 Å². The average molecular weight is 394 g/mol. The number of benzene rings is 2. The summed E-state index contributed by atoms with van der Waals surface area (Å²) in [6, 6.07) is 11.5. The van der Waals surface area contributed by atoms with E-state index in [2.05, 4.69) is 21.2 Å². The molecule has 0 heterocycles. The van der Waals surface area contributed by atoms with Gasteiger partial charge in [0.1, 0.15) is 12.4 Å². The van der Waals surface area contributed by atoms with Crippen molar-refractivity contribution in [2.75, 3.05) is 13.2 Å². The van der Waals surface area contributed by atoms with Crippen LogP contribution in [0.2, 0.25) is 0 Å². The minimum Gasteiger partial charge on any atom is -0.456 e. The summed E-state index contributed by atoms with van der Waals surface area (Å²) in [7, 11) is 0. The molecule has 1 N–H and O–H groups in total. The number of carbonyl (C=O) groups excluding carboxylic acids is 3. The van der Waals surface area contributed by atoms with Crippen LogP contribution >= 0.6 is 15.9 Å². The van der Waals surface area contributed by atoms with E-state index in [-0.39, 0.29) is 12.1 Å². The fourth-order valence-corrected chi connectivity index (χ4v) is 2.04. The van der Waals surface area contributed by atoms with Gasteiger partial charge in [-0.25, -0.2) is 4.39 Å². The fraction of sp³-hybridized carbons (Fsp3) is 0.118. The number of esters is 1. The zero-order valence-corrected chi connectivity index (χ0v) is 14.0. The molecule has 0 atom stereocenters. The molecule has 0 spiro atoms. The number of rotatable bonds is 6. The Morgan fingerprint density at radius 3 is 2.17 bits per heavy atom. The molecule has 2 rings (SSSR count). The van der Waals surface area contributed by atoms with E-state index < -0.39 is 30.1 Å². The van der Waals surface area contributed by atoms with Crippen LogP contribution in [-0.4, -0.2) is 30.8 Å². The first-order valence-electron chi connectivity index (χ1n) is 6.94. The number of amides is 1. The van der Waals surface area contributed by atoms with Crippen LogP contribution in [0.4, 0.5) is 4.39 Å². The van der Waals surface area contributed by atoms with Crippen LogP contribution in [0.5, 0.6) is 0 Å². The Labute approximate surface area is 145 Å². The highest BCUT2D eigenvalue weighted by Gasteiger charge is 2.12. The SMILES string of the molecule is O=C(CNC(=O)c1ccc(Br)cc1)OCC(=O)c1ccc(F)cc1. The molecule has 0 aliphatic rings. The Hall–Kier alpha value is -2.54. The molecule has 0 aliphatic carbocycles. The van der Waals surface area contributed by atoms with Gasteiger partial charge in [0.25, 0.3) is 5.91 Å². The summed E-state index contributed by atoms with van der Waals surface area (Å²) in [6.07, 6.45) is 0. The summed E-state index contributed by atoms with van der Waals surface area (Å²) in [5.74, 6) is -2.08. The van der Waals surface area contributed by atoms with Crippen molar-refractivity contribution in [1.29, 1.82) is 0 Å². The molecule has 0 aliphatic heterocycles. The van der Waals surface area contributed by atoms with Crippen LogP contribution < -0.4 is 5.32 Å². The molecule has 0 radical (unpaired) electrons. The number of ether oxygens (including phenoxy) is 1. The van der Waals surface area contributed by atoms with Crippen molar-refractivity contribution < 1.29 is 23.5 Å². The predicted octanol–water partition coefficient (Wildman–Crippen LogP) is 2.74. The highest BCUT2D eigenvalue weighted by molar-refractivity contribution is 9.10. The van der Waals surface area contributed by atoms with Crippen LogP contribution in [-0.2, 0) is 9.53 Å². The van der Waals surface area contributed by atoms with Crippen molar-refractivity contribution >= 4 is 33.6 Å². The van der Waals surface area contributed by atoms with E-state index in [4.69, 9.17) is 4.74 Å². The van der Waals surface area contributed by atoms with Crippen LogP contribution in [0.25, 0.3) is 0 Å². The van der Waals surface area contributed by atoms with Gasteiger partial charge in [0.05, 0.1) is 0 Å². The smallest absolute Gasteiger partial charge is 0.325 e. The molecule has 124 valence electrons. The van der Waals surface area contributed by atoms with Gasteiger partial charge in [-0.3, -0.25) is 14.4 Å². The average Bonchev–Trinajstić information content (AvgIpc) is 2.58. The predicted molar refractivity (Wildman–Crippen MR) is 88.2 cm³/mol. The van der Waals surface area contributed by atoms with Gasteiger partial charge < -0.3 is 10.1 Å². The minimum absolute atomic E-state index is 0.239. The number of ketones is 1. The summed E-state index contributed by atoms with van der Waals surface area (Å²) in [4.78, 5) is 35.1. The Balaban J connectivity index is 1.77. The van der Waals surface area contributed by atoms with Gasteiger partial charge in [-0.1, -0.05) is 15.9 Å². The Kier molecular flexibility index (Phi) is 6.20. The molecule has 2 aromatic carbocycles. The zero-order chi connectivity index (χ0) is 17.5. The van der Waals surface area contributed by atoms with Crippen LogP contribution in [0.3, 0.4) is 0 Å². The standard InChI is InChI=1S/C17H13BrFNO4/c18-13-5-1-12(2-6-13)17(23)20-9-16(22)24-10-15(21)11-3-7-14(19)8-4-11/h1-8H,9-10H2,(H,20,23). The molecular weight excluding hydrogens is 381 g/mol. The van der Waals surface area contributed by atoms with E-state index >= 15 is 0 Å².